The smallest absolute Gasteiger partial charge is 0.151 e. The van der Waals surface area contributed by atoms with Crippen LogP contribution in [0.1, 0.15) is 11.1 Å². The third-order valence-corrected chi connectivity index (χ3v) is 3.64. The second-order valence-electron chi connectivity index (χ2n) is 5.11. The zero-order valence-corrected chi connectivity index (χ0v) is 12.0. The molecule has 2 aliphatic heterocycles. The summed E-state index contributed by atoms with van der Waals surface area (Å²) in [7, 11) is 0. The molecule has 2 aromatic rings. The fourth-order valence-corrected chi connectivity index (χ4v) is 2.57. The van der Waals surface area contributed by atoms with Gasteiger partial charge in [0.1, 0.15) is 0 Å². The molecule has 0 fully saturated rings. The maximum Gasteiger partial charge on any atom is 0.151 e. The maximum absolute atomic E-state index is 4.85. The number of amidine groups is 1. The number of nitrogens with zero attached hydrogens (tertiary/aromatic N) is 2. The summed E-state index contributed by atoms with van der Waals surface area (Å²) in [5, 5.41) is 1.94. The molecule has 4 rings (SSSR count). The van der Waals surface area contributed by atoms with Crippen molar-refractivity contribution < 1.29 is 0 Å². The molecule has 0 bridgehead atoms. The Hall–Kier alpha value is -3.07. The summed E-state index contributed by atoms with van der Waals surface area (Å²) in [6.45, 7) is 0. The highest BCUT2D eigenvalue weighted by atomic mass is 15.5. The number of hydrogen-bond donors (Lipinski definition) is 1. The van der Waals surface area contributed by atoms with Gasteiger partial charge in [0.25, 0.3) is 0 Å². The topological polar surface area (TPSA) is 27.6 Å². The van der Waals surface area contributed by atoms with Gasteiger partial charge < -0.3 is 0 Å². The lowest BCUT2D eigenvalue weighted by atomic mass is 10.0. The molecular weight excluding hydrogens is 270 g/mol. The second-order valence-corrected chi connectivity index (χ2v) is 5.11. The van der Waals surface area contributed by atoms with E-state index in [1.807, 2.05) is 65.8 Å². The van der Waals surface area contributed by atoms with Gasteiger partial charge >= 0.3 is 0 Å². The number of hydrazine groups is 1. The van der Waals surface area contributed by atoms with Crippen molar-refractivity contribution in [3.05, 3.63) is 96.2 Å². The molecule has 3 heteroatoms. The Morgan fingerprint density at radius 1 is 0.773 bits per heavy atom. The number of nitrogens with one attached hydrogen (secondary N) is 1. The van der Waals surface area contributed by atoms with Crippen LogP contribution in [0.2, 0.25) is 0 Å². The van der Waals surface area contributed by atoms with Crippen molar-refractivity contribution in [2.24, 2.45) is 4.99 Å². The van der Waals surface area contributed by atoms with E-state index in [0.29, 0.717) is 0 Å². The van der Waals surface area contributed by atoms with E-state index < -0.39 is 0 Å². The Kier molecular flexibility index (Phi) is 3.09. The molecule has 0 unspecified atom stereocenters. The first-order valence-corrected chi connectivity index (χ1v) is 7.26. The summed E-state index contributed by atoms with van der Waals surface area (Å²) >= 11 is 0. The molecule has 0 saturated carbocycles. The van der Waals surface area contributed by atoms with Crippen LogP contribution in [0.5, 0.6) is 0 Å². The number of rotatable bonds is 2. The van der Waals surface area contributed by atoms with E-state index in [9.17, 15) is 0 Å². The fourth-order valence-electron chi connectivity index (χ4n) is 2.57. The standard InChI is InChI=1S/C19H15N3/c1-3-9-15(10-4-1)18-19(16-11-5-2-6-12-16)21-22-14-8-7-13-17(22)20-18/h1-14,21H. The molecule has 3 nitrogen and oxygen atoms in total. The molecule has 0 aromatic heterocycles. The molecule has 0 spiro atoms. The minimum absolute atomic E-state index is 0.890. The van der Waals surface area contributed by atoms with Crippen molar-refractivity contribution in [2.75, 3.05) is 0 Å². The fraction of sp³-hybridized carbons (Fsp3) is 0. The Bertz CT molecular complexity index is 799. The van der Waals surface area contributed by atoms with E-state index in [4.69, 9.17) is 4.99 Å². The van der Waals surface area contributed by atoms with Crippen LogP contribution < -0.4 is 5.43 Å². The molecule has 0 aliphatic carbocycles. The predicted octanol–water partition coefficient (Wildman–Crippen LogP) is 3.81. The van der Waals surface area contributed by atoms with Crippen molar-refractivity contribution in [1.29, 1.82) is 0 Å². The second kappa shape index (κ2) is 5.37. The first kappa shape index (κ1) is 12.7. The SMILES string of the molecule is C1=CC2=NC(c3ccccc3)=C(c3ccccc3)NN2C=C1. The van der Waals surface area contributed by atoms with Crippen LogP contribution in [0.15, 0.2) is 90.1 Å². The highest BCUT2D eigenvalue weighted by Crippen LogP contribution is 2.29. The van der Waals surface area contributed by atoms with Crippen LogP contribution in [0.3, 0.4) is 0 Å². The van der Waals surface area contributed by atoms with Gasteiger partial charge in [-0.05, 0) is 12.2 Å². The van der Waals surface area contributed by atoms with Crippen LogP contribution >= 0.6 is 0 Å². The Labute approximate surface area is 129 Å². The zero-order valence-electron chi connectivity index (χ0n) is 12.0. The van der Waals surface area contributed by atoms with Crippen molar-refractivity contribution in [3.8, 4) is 0 Å². The van der Waals surface area contributed by atoms with E-state index in [0.717, 1.165) is 28.4 Å². The molecule has 0 atom stereocenters. The summed E-state index contributed by atoms with van der Waals surface area (Å²) in [6.07, 6.45) is 7.95. The van der Waals surface area contributed by atoms with Gasteiger partial charge in [-0.15, -0.1) is 0 Å². The van der Waals surface area contributed by atoms with Gasteiger partial charge in [-0.1, -0.05) is 66.7 Å². The molecule has 2 aliphatic rings. The number of fused-ring (bicyclic) bond motifs is 1. The molecule has 0 radical (unpaired) electrons. The van der Waals surface area contributed by atoms with Gasteiger partial charge in [0.2, 0.25) is 0 Å². The number of hydrogen-bond acceptors (Lipinski definition) is 3. The summed E-state index contributed by atoms with van der Waals surface area (Å²) in [6, 6.07) is 20.5. The van der Waals surface area contributed by atoms with Crippen molar-refractivity contribution in [2.45, 2.75) is 0 Å². The van der Waals surface area contributed by atoms with Crippen LogP contribution in [0.25, 0.3) is 11.4 Å². The molecule has 106 valence electrons. The predicted molar refractivity (Wildman–Crippen MR) is 90.4 cm³/mol. The summed E-state index contributed by atoms with van der Waals surface area (Å²) in [5.41, 5.74) is 7.65. The third-order valence-electron chi connectivity index (χ3n) is 3.64. The normalized spacial score (nSPS) is 16.2. The molecular formula is C19H15N3. The van der Waals surface area contributed by atoms with Gasteiger partial charge in [-0.25, -0.2) is 10.0 Å². The van der Waals surface area contributed by atoms with E-state index in [1.54, 1.807) is 0 Å². The Balaban J connectivity index is 1.90. The molecule has 2 aromatic carbocycles. The van der Waals surface area contributed by atoms with Gasteiger partial charge in [0, 0.05) is 17.3 Å². The molecule has 0 amide bonds. The number of aliphatic imine (C=N–C) groups is 1. The van der Waals surface area contributed by atoms with E-state index in [1.165, 1.54) is 0 Å². The quantitative estimate of drug-likeness (QED) is 0.908. The lowest BCUT2D eigenvalue weighted by molar-refractivity contribution is 0.488. The largest absolute Gasteiger partial charge is 0.290 e. The van der Waals surface area contributed by atoms with Gasteiger partial charge in [-0.2, -0.15) is 0 Å². The van der Waals surface area contributed by atoms with Crippen molar-refractivity contribution in [1.82, 2.24) is 10.4 Å². The molecule has 2 heterocycles. The lowest BCUT2D eigenvalue weighted by Crippen LogP contribution is -2.40. The van der Waals surface area contributed by atoms with Crippen LogP contribution in [-0.2, 0) is 0 Å². The first-order valence-electron chi connectivity index (χ1n) is 7.26. The molecule has 1 N–H and O–H groups in total. The Morgan fingerprint density at radius 3 is 2.18 bits per heavy atom. The number of benzene rings is 2. The minimum atomic E-state index is 0.890. The van der Waals surface area contributed by atoms with E-state index in [2.05, 4.69) is 29.7 Å². The highest BCUT2D eigenvalue weighted by molar-refractivity contribution is 6.04. The van der Waals surface area contributed by atoms with E-state index in [-0.39, 0.29) is 0 Å². The van der Waals surface area contributed by atoms with Gasteiger partial charge in [-0.3, -0.25) is 5.43 Å². The van der Waals surface area contributed by atoms with Crippen molar-refractivity contribution in [3.63, 3.8) is 0 Å². The average molecular weight is 285 g/mol. The highest BCUT2D eigenvalue weighted by Gasteiger charge is 2.21. The van der Waals surface area contributed by atoms with Gasteiger partial charge in [0.05, 0.1) is 11.4 Å². The van der Waals surface area contributed by atoms with Crippen LogP contribution in [-0.4, -0.2) is 10.8 Å². The minimum Gasteiger partial charge on any atom is -0.290 e. The first-order chi connectivity index (χ1) is 10.9. The monoisotopic (exact) mass is 285 g/mol. The summed E-state index contributed by atoms with van der Waals surface area (Å²) in [5.74, 6) is 0.890. The summed E-state index contributed by atoms with van der Waals surface area (Å²) < 4.78 is 0. The zero-order chi connectivity index (χ0) is 14.8. The van der Waals surface area contributed by atoms with Crippen molar-refractivity contribution >= 4 is 17.2 Å². The van der Waals surface area contributed by atoms with Crippen LogP contribution in [0.4, 0.5) is 0 Å². The van der Waals surface area contributed by atoms with Crippen LogP contribution in [0, 0.1) is 0 Å². The summed E-state index contributed by atoms with van der Waals surface area (Å²) in [4.78, 5) is 4.85. The van der Waals surface area contributed by atoms with Gasteiger partial charge in [0.15, 0.2) is 5.84 Å². The average Bonchev–Trinajstić information content (AvgIpc) is 2.62. The molecule has 22 heavy (non-hydrogen) atoms. The molecule has 0 saturated heterocycles. The van der Waals surface area contributed by atoms with E-state index >= 15 is 0 Å². The maximum atomic E-state index is 4.85. The number of allylic oxidation sites excluding steroid dienone is 2. The third kappa shape index (κ3) is 2.23. The lowest BCUT2D eigenvalue weighted by Gasteiger charge is -2.31. The Morgan fingerprint density at radius 2 is 1.45 bits per heavy atom.